The summed E-state index contributed by atoms with van der Waals surface area (Å²) in [6.07, 6.45) is 7.54. The van der Waals surface area contributed by atoms with Gasteiger partial charge in [-0.05, 0) is 92.1 Å². The molecule has 1 heterocycles. The molecule has 1 aliphatic carbocycles. The van der Waals surface area contributed by atoms with Crippen LogP contribution in [-0.2, 0) is 11.2 Å². The number of ether oxygens (including phenoxy) is 1. The van der Waals surface area contributed by atoms with Crippen molar-refractivity contribution in [3.8, 4) is 5.75 Å². The van der Waals surface area contributed by atoms with Gasteiger partial charge in [0.2, 0.25) is 0 Å². The van der Waals surface area contributed by atoms with Crippen molar-refractivity contribution in [2.75, 3.05) is 26.7 Å². The molecule has 4 rings (SSSR count). The molecule has 1 unspecified atom stereocenters. The van der Waals surface area contributed by atoms with E-state index in [1.54, 1.807) is 7.11 Å². The van der Waals surface area contributed by atoms with Gasteiger partial charge in [-0.15, -0.1) is 0 Å². The number of likely N-dealkylation sites (tertiary alicyclic amines) is 1. The van der Waals surface area contributed by atoms with Gasteiger partial charge in [0.1, 0.15) is 5.75 Å². The number of hydrogen-bond donors (Lipinski definition) is 1. The summed E-state index contributed by atoms with van der Waals surface area (Å²) in [4.78, 5) is 13.3. The van der Waals surface area contributed by atoms with E-state index in [-0.39, 0.29) is 6.42 Å². The summed E-state index contributed by atoms with van der Waals surface area (Å²) in [6.45, 7) is 2.69. The van der Waals surface area contributed by atoms with E-state index in [0.717, 1.165) is 49.9 Å². The lowest BCUT2D eigenvalue weighted by molar-refractivity contribution is -0.137. The zero-order valence-electron chi connectivity index (χ0n) is 18.6. The highest BCUT2D eigenvalue weighted by atomic mass is 16.5. The smallest absolute Gasteiger partial charge is 0.304 e. The van der Waals surface area contributed by atoms with E-state index in [4.69, 9.17) is 9.84 Å². The molecule has 1 saturated heterocycles. The van der Waals surface area contributed by atoms with Crippen LogP contribution in [-0.4, -0.2) is 42.7 Å². The van der Waals surface area contributed by atoms with Gasteiger partial charge in [0.15, 0.2) is 0 Å². The predicted octanol–water partition coefficient (Wildman–Crippen LogP) is 5.38. The van der Waals surface area contributed by atoms with Crippen molar-refractivity contribution in [1.82, 2.24) is 4.90 Å². The van der Waals surface area contributed by atoms with Crippen LogP contribution in [0.2, 0.25) is 0 Å². The molecule has 1 saturated carbocycles. The molecular formula is C27H35NO3. The predicted molar refractivity (Wildman–Crippen MR) is 124 cm³/mol. The van der Waals surface area contributed by atoms with Crippen LogP contribution in [0.1, 0.15) is 55.6 Å². The first kappa shape index (κ1) is 21.9. The molecule has 0 amide bonds. The van der Waals surface area contributed by atoms with Crippen molar-refractivity contribution in [3.63, 3.8) is 0 Å². The van der Waals surface area contributed by atoms with E-state index in [9.17, 15) is 4.79 Å². The lowest BCUT2D eigenvalue weighted by atomic mass is 9.70. The largest absolute Gasteiger partial charge is 0.497 e. The summed E-state index contributed by atoms with van der Waals surface area (Å²) >= 11 is 0. The summed E-state index contributed by atoms with van der Waals surface area (Å²) < 4.78 is 5.33. The van der Waals surface area contributed by atoms with Crippen LogP contribution in [0, 0.1) is 11.3 Å². The molecule has 0 radical (unpaired) electrons. The average Bonchev–Trinajstić information content (AvgIpc) is 3.58. The molecule has 0 bridgehead atoms. The Morgan fingerprint density at radius 3 is 2.45 bits per heavy atom. The number of carboxylic acid groups (broad SMARTS) is 1. The topological polar surface area (TPSA) is 49.8 Å². The van der Waals surface area contributed by atoms with Crippen molar-refractivity contribution in [1.29, 1.82) is 0 Å². The number of nitrogens with zero attached hydrogens (tertiary/aromatic N) is 1. The summed E-state index contributed by atoms with van der Waals surface area (Å²) in [5.41, 5.74) is 3.20. The molecule has 0 aromatic heterocycles. The lowest BCUT2D eigenvalue weighted by Crippen LogP contribution is -2.42. The first-order valence-electron chi connectivity index (χ1n) is 11.7. The highest BCUT2D eigenvalue weighted by molar-refractivity contribution is 5.66. The molecule has 2 atom stereocenters. The van der Waals surface area contributed by atoms with E-state index in [2.05, 4.69) is 59.5 Å². The zero-order chi connectivity index (χ0) is 21.7. The summed E-state index contributed by atoms with van der Waals surface area (Å²) in [5.74, 6) is 1.77. The Morgan fingerprint density at radius 2 is 1.81 bits per heavy atom. The van der Waals surface area contributed by atoms with Crippen LogP contribution in [0.3, 0.4) is 0 Å². The minimum atomic E-state index is -0.698. The second-order valence-corrected chi connectivity index (χ2v) is 9.56. The molecule has 4 nitrogen and oxygen atoms in total. The maximum atomic E-state index is 11.0. The monoisotopic (exact) mass is 421 g/mol. The van der Waals surface area contributed by atoms with E-state index >= 15 is 0 Å². The Balaban J connectivity index is 1.38. The summed E-state index contributed by atoms with van der Waals surface area (Å²) in [5, 5.41) is 9.02. The quantitative estimate of drug-likeness (QED) is 0.560. The third-order valence-electron chi connectivity index (χ3n) is 7.49. The second kappa shape index (κ2) is 9.86. The molecule has 166 valence electrons. The first-order valence-corrected chi connectivity index (χ1v) is 11.7. The van der Waals surface area contributed by atoms with Gasteiger partial charge >= 0.3 is 5.97 Å². The number of methoxy groups -OCH3 is 1. The van der Waals surface area contributed by atoms with Gasteiger partial charge in [0, 0.05) is 6.54 Å². The minimum Gasteiger partial charge on any atom is -0.497 e. The fraction of sp³-hybridized carbons (Fsp3) is 0.519. The molecule has 2 aromatic rings. The molecule has 31 heavy (non-hydrogen) atoms. The van der Waals surface area contributed by atoms with Crippen molar-refractivity contribution in [2.45, 2.75) is 50.9 Å². The molecule has 2 aromatic carbocycles. The van der Waals surface area contributed by atoms with Crippen LogP contribution >= 0.6 is 0 Å². The average molecular weight is 422 g/mol. The van der Waals surface area contributed by atoms with Gasteiger partial charge in [-0.25, -0.2) is 0 Å². The van der Waals surface area contributed by atoms with Crippen molar-refractivity contribution >= 4 is 5.97 Å². The number of piperidine rings is 1. The Bertz CT molecular complexity index is 841. The van der Waals surface area contributed by atoms with E-state index < -0.39 is 5.97 Å². The van der Waals surface area contributed by atoms with Crippen LogP contribution < -0.4 is 4.74 Å². The van der Waals surface area contributed by atoms with E-state index in [1.165, 1.54) is 30.4 Å². The Labute approximate surface area is 186 Å². The molecular weight excluding hydrogens is 386 g/mol. The van der Waals surface area contributed by atoms with E-state index in [0.29, 0.717) is 12.0 Å². The SMILES string of the molecule is COc1ccc(CC2(CC[C@@H]3CC3c3ccccc3)CCN(CCC(=O)O)CC2)cc1. The van der Waals surface area contributed by atoms with Crippen molar-refractivity contribution in [3.05, 3.63) is 65.7 Å². The van der Waals surface area contributed by atoms with Crippen molar-refractivity contribution < 1.29 is 14.6 Å². The second-order valence-electron chi connectivity index (χ2n) is 9.56. The van der Waals surface area contributed by atoms with Gasteiger partial charge in [-0.2, -0.15) is 0 Å². The highest BCUT2D eigenvalue weighted by Crippen LogP contribution is 2.52. The van der Waals surface area contributed by atoms with Crippen LogP contribution in [0.25, 0.3) is 0 Å². The minimum absolute atomic E-state index is 0.242. The van der Waals surface area contributed by atoms with Crippen LogP contribution in [0.15, 0.2) is 54.6 Å². The van der Waals surface area contributed by atoms with Gasteiger partial charge in [-0.1, -0.05) is 42.5 Å². The number of aliphatic carboxylic acids is 1. The number of benzene rings is 2. The highest BCUT2D eigenvalue weighted by Gasteiger charge is 2.41. The molecule has 1 N–H and O–H groups in total. The fourth-order valence-electron chi connectivity index (χ4n) is 5.36. The van der Waals surface area contributed by atoms with Gasteiger partial charge in [-0.3, -0.25) is 4.79 Å². The molecule has 0 spiro atoms. The summed E-state index contributed by atoms with van der Waals surface area (Å²) in [6, 6.07) is 19.5. The Morgan fingerprint density at radius 1 is 1.10 bits per heavy atom. The lowest BCUT2D eigenvalue weighted by Gasteiger charge is -2.42. The number of carboxylic acids is 1. The van der Waals surface area contributed by atoms with Crippen LogP contribution in [0.4, 0.5) is 0 Å². The normalized spacial score (nSPS) is 22.7. The molecule has 4 heteroatoms. The van der Waals surface area contributed by atoms with Gasteiger partial charge < -0.3 is 14.7 Å². The van der Waals surface area contributed by atoms with Crippen molar-refractivity contribution in [2.24, 2.45) is 11.3 Å². The maximum absolute atomic E-state index is 11.0. The molecule has 1 aliphatic heterocycles. The number of hydrogen-bond acceptors (Lipinski definition) is 3. The van der Waals surface area contributed by atoms with E-state index in [1.807, 2.05) is 0 Å². The maximum Gasteiger partial charge on any atom is 0.304 e. The third-order valence-corrected chi connectivity index (χ3v) is 7.49. The first-order chi connectivity index (χ1) is 15.1. The molecule has 2 fully saturated rings. The molecule has 2 aliphatic rings. The number of rotatable bonds is 10. The van der Waals surface area contributed by atoms with Gasteiger partial charge in [0.25, 0.3) is 0 Å². The third kappa shape index (κ3) is 5.88. The fourth-order valence-corrected chi connectivity index (χ4v) is 5.36. The Hall–Kier alpha value is -2.33. The zero-order valence-corrected chi connectivity index (χ0v) is 18.6. The van der Waals surface area contributed by atoms with Gasteiger partial charge in [0.05, 0.1) is 13.5 Å². The number of carbonyl (C=O) groups is 1. The summed E-state index contributed by atoms with van der Waals surface area (Å²) in [7, 11) is 1.71. The standard InChI is InChI=1S/C27H35NO3/c1-31-24-9-7-21(8-10-24)20-27(14-17-28(18-15-27)16-12-26(29)30)13-11-23-19-25(23)22-5-3-2-4-6-22/h2-10,23,25H,11-20H2,1H3,(H,29,30)/t23-,25?/m1/s1. The van der Waals surface area contributed by atoms with Crippen LogP contribution in [0.5, 0.6) is 5.75 Å². The Kier molecular flexibility index (Phi) is 6.96.